The quantitative estimate of drug-likeness (QED) is 0.577. The topological polar surface area (TPSA) is 37.4 Å². The first-order valence-electron chi connectivity index (χ1n) is 5.19. The van der Waals surface area contributed by atoms with Crippen LogP contribution in [0.2, 0.25) is 0 Å². The summed E-state index contributed by atoms with van der Waals surface area (Å²) in [5.74, 6) is -1.56. The molecular weight excluding hydrogens is 209 g/mol. The smallest absolute Gasteiger partial charge is 0.294 e. The molecule has 0 aliphatic heterocycles. The van der Waals surface area contributed by atoms with Crippen LogP contribution < -0.4 is 0 Å². The second kappa shape index (κ2) is 5.39. The number of hydrogen-bond acceptors (Lipinski definition) is 2. The van der Waals surface area contributed by atoms with Crippen molar-refractivity contribution in [2.24, 2.45) is 0 Å². The summed E-state index contributed by atoms with van der Waals surface area (Å²) in [5, 5.41) is 0. The standard InChI is InChI=1S/C12H14FNO2/c1-3-14(4-2)12(16)11(15)9-5-7-10(13)8-6-9/h5-8H,3-4H2,1-2H3. The van der Waals surface area contributed by atoms with Crippen molar-refractivity contribution in [2.45, 2.75) is 13.8 Å². The summed E-state index contributed by atoms with van der Waals surface area (Å²) in [6, 6.07) is 4.98. The number of ketones is 1. The molecule has 0 saturated heterocycles. The maximum absolute atomic E-state index is 12.6. The van der Waals surface area contributed by atoms with E-state index in [1.807, 2.05) is 0 Å². The predicted octanol–water partition coefficient (Wildman–Crippen LogP) is 1.88. The van der Waals surface area contributed by atoms with Gasteiger partial charge in [-0.1, -0.05) is 0 Å². The van der Waals surface area contributed by atoms with E-state index in [1.165, 1.54) is 29.2 Å². The molecule has 0 aromatic heterocycles. The zero-order valence-corrected chi connectivity index (χ0v) is 9.37. The largest absolute Gasteiger partial charge is 0.336 e. The number of benzene rings is 1. The van der Waals surface area contributed by atoms with Gasteiger partial charge in [0.1, 0.15) is 5.82 Å². The predicted molar refractivity (Wildman–Crippen MR) is 58.7 cm³/mol. The van der Waals surface area contributed by atoms with Crippen molar-refractivity contribution in [3.8, 4) is 0 Å². The Bertz CT molecular complexity index is 383. The number of rotatable bonds is 4. The maximum atomic E-state index is 12.6. The first-order valence-corrected chi connectivity index (χ1v) is 5.19. The van der Waals surface area contributed by atoms with Crippen LogP contribution in [0.3, 0.4) is 0 Å². The summed E-state index contributed by atoms with van der Waals surface area (Å²) < 4.78 is 12.6. The molecule has 0 fully saturated rings. The van der Waals surface area contributed by atoms with Crippen molar-refractivity contribution < 1.29 is 14.0 Å². The molecular formula is C12H14FNO2. The molecule has 1 rings (SSSR count). The van der Waals surface area contributed by atoms with Gasteiger partial charge in [-0.3, -0.25) is 9.59 Å². The van der Waals surface area contributed by atoms with Crippen LogP contribution in [0, 0.1) is 5.82 Å². The third-order valence-electron chi connectivity index (χ3n) is 2.35. The van der Waals surface area contributed by atoms with Gasteiger partial charge in [0.05, 0.1) is 0 Å². The van der Waals surface area contributed by atoms with Crippen LogP contribution in [-0.2, 0) is 4.79 Å². The van der Waals surface area contributed by atoms with E-state index in [0.29, 0.717) is 13.1 Å². The summed E-state index contributed by atoms with van der Waals surface area (Å²) in [5.41, 5.74) is 0.221. The lowest BCUT2D eigenvalue weighted by Gasteiger charge is -2.17. The summed E-state index contributed by atoms with van der Waals surface area (Å²) in [7, 11) is 0. The summed E-state index contributed by atoms with van der Waals surface area (Å²) in [6.07, 6.45) is 0. The highest BCUT2D eigenvalue weighted by Gasteiger charge is 2.20. The molecule has 1 aromatic rings. The van der Waals surface area contributed by atoms with Gasteiger partial charge in [0, 0.05) is 18.7 Å². The highest BCUT2D eigenvalue weighted by Crippen LogP contribution is 2.05. The Morgan fingerprint density at radius 1 is 1.12 bits per heavy atom. The van der Waals surface area contributed by atoms with Gasteiger partial charge in [-0.2, -0.15) is 0 Å². The number of halogens is 1. The second-order valence-corrected chi connectivity index (χ2v) is 3.31. The fourth-order valence-electron chi connectivity index (χ4n) is 1.38. The van der Waals surface area contributed by atoms with Gasteiger partial charge in [0.15, 0.2) is 0 Å². The molecule has 86 valence electrons. The van der Waals surface area contributed by atoms with E-state index in [4.69, 9.17) is 0 Å². The lowest BCUT2D eigenvalue weighted by molar-refractivity contribution is -0.126. The van der Waals surface area contributed by atoms with E-state index in [-0.39, 0.29) is 5.56 Å². The lowest BCUT2D eigenvalue weighted by Crippen LogP contribution is -2.36. The van der Waals surface area contributed by atoms with E-state index in [1.54, 1.807) is 13.8 Å². The molecule has 1 aromatic carbocycles. The van der Waals surface area contributed by atoms with Crippen molar-refractivity contribution in [1.82, 2.24) is 4.90 Å². The summed E-state index contributed by atoms with van der Waals surface area (Å²) in [4.78, 5) is 24.8. The van der Waals surface area contributed by atoms with E-state index < -0.39 is 17.5 Å². The number of Topliss-reactive ketones (excluding diaryl/α,β-unsaturated/α-hetero) is 1. The minimum atomic E-state index is -0.594. The van der Waals surface area contributed by atoms with Crippen LogP contribution in [0.5, 0.6) is 0 Å². The molecule has 1 amide bonds. The molecule has 0 bridgehead atoms. The van der Waals surface area contributed by atoms with Gasteiger partial charge in [-0.25, -0.2) is 4.39 Å². The van der Waals surface area contributed by atoms with Crippen LogP contribution in [0.4, 0.5) is 4.39 Å². The van der Waals surface area contributed by atoms with Crippen molar-refractivity contribution in [2.75, 3.05) is 13.1 Å². The van der Waals surface area contributed by atoms with Crippen molar-refractivity contribution in [1.29, 1.82) is 0 Å². The zero-order chi connectivity index (χ0) is 12.1. The Morgan fingerprint density at radius 2 is 1.62 bits per heavy atom. The highest BCUT2D eigenvalue weighted by atomic mass is 19.1. The molecule has 0 spiro atoms. The molecule has 16 heavy (non-hydrogen) atoms. The Morgan fingerprint density at radius 3 is 2.06 bits per heavy atom. The van der Waals surface area contributed by atoms with E-state index in [2.05, 4.69) is 0 Å². The molecule has 4 heteroatoms. The number of amides is 1. The molecule has 0 aliphatic rings. The first-order chi connectivity index (χ1) is 7.60. The minimum absolute atomic E-state index is 0.221. The van der Waals surface area contributed by atoms with Crippen LogP contribution in [0.25, 0.3) is 0 Å². The first kappa shape index (κ1) is 12.4. The van der Waals surface area contributed by atoms with Crippen molar-refractivity contribution >= 4 is 11.7 Å². The molecule has 0 N–H and O–H groups in total. The SMILES string of the molecule is CCN(CC)C(=O)C(=O)c1ccc(F)cc1. The molecule has 3 nitrogen and oxygen atoms in total. The number of hydrogen-bond donors (Lipinski definition) is 0. The van der Waals surface area contributed by atoms with E-state index >= 15 is 0 Å². The zero-order valence-electron chi connectivity index (χ0n) is 9.37. The van der Waals surface area contributed by atoms with Crippen LogP contribution in [0.1, 0.15) is 24.2 Å². The molecule has 0 radical (unpaired) electrons. The number of nitrogens with zero attached hydrogens (tertiary/aromatic N) is 1. The molecule has 0 aliphatic carbocycles. The fourth-order valence-corrected chi connectivity index (χ4v) is 1.38. The van der Waals surface area contributed by atoms with Crippen molar-refractivity contribution in [3.63, 3.8) is 0 Å². The Balaban J connectivity index is 2.85. The van der Waals surface area contributed by atoms with Crippen LogP contribution >= 0.6 is 0 Å². The molecule has 0 atom stereocenters. The number of carbonyl (C=O) groups is 2. The third-order valence-corrected chi connectivity index (χ3v) is 2.35. The number of likely N-dealkylation sites (N-methyl/N-ethyl adjacent to an activating group) is 1. The second-order valence-electron chi connectivity index (χ2n) is 3.31. The fraction of sp³-hybridized carbons (Fsp3) is 0.333. The lowest BCUT2D eigenvalue weighted by atomic mass is 10.1. The molecule has 0 saturated carbocycles. The van der Waals surface area contributed by atoms with Crippen molar-refractivity contribution in [3.05, 3.63) is 35.6 Å². The summed E-state index contributed by atoms with van der Waals surface area (Å²) in [6.45, 7) is 4.59. The monoisotopic (exact) mass is 223 g/mol. The maximum Gasteiger partial charge on any atom is 0.294 e. The normalized spacial score (nSPS) is 9.94. The average molecular weight is 223 g/mol. The number of carbonyl (C=O) groups excluding carboxylic acids is 2. The Labute approximate surface area is 93.9 Å². The van der Waals surface area contributed by atoms with Crippen LogP contribution in [0.15, 0.2) is 24.3 Å². The van der Waals surface area contributed by atoms with E-state index in [0.717, 1.165) is 0 Å². The highest BCUT2D eigenvalue weighted by molar-refractivity contribution is 6.42. The average Bonchev–Trinajstić information content (AvgIpc) is 2.30. The van der Waals surface area contributed by atoms with Gasteiger partial charge in [0.2, 0.25) is 5.78 Å². The Hall–Kier alpha value is -1.71. The minimum Gasteiger partial charge on any atom is -0.336 e. The van der Waals surface area contributed by atoms with Gasteiger partial charge in [-0.15, -0.1) is 0 Å². The third kappa shape index (κ3) is 2.66. The van der Waals surface area contributed by atoms with Gasteiger partial charge < -0.3 is 4.90 Å². The van der Waals surface area contributed by atoms with Gasteiger partial charge in [0.25, 0.3) is 5.91 Å². The summed E-state index contributed by atoms with van der Waals surface area (Å²) >= 11 is 0. The van der Waals surface area contributed by atoms with Crippen LogP contribution in [-0.4, -0.2) is 29.7 Å². The Kier molecular flexibility index (Phi) is 4.17. The molecule has 0 heterocycles. The van der Waals surface area contributed by atoms with Gasteiger partial charge >= 0.3 is 0 Å². The van der Waals surface area contributed by atoms with E-state index in [9.17, 15) is 14.0 Å². The molecule has 0 unspecified atom stereocenters. The van der Waals surface area contributed by atoms with Gasteiger partial charge in [-0.05, 0) is 38.1 Å².